The molecule has 0 bridgehead atoms. The Balaban J connectivity index is 1.96. The zero-order valence-electron chi connectivity index (χ0n) is 17.0. The Morgan fingerprint density at radius 1 is 1.00 bits per heavy atom. The molecule has 28 heavy (non-hydrogen) atoms. The number of carbonyl (C=O) groups is 3. The number of hydrogen-bond acceptors (Lipinski definition) is 4. The van der Waals surface area contributed by atoms with Gasteiger partial charge in [0.2, 0.25) is 11.8 Å². The fraction of sp³-hybridized carbons (Fsp3) is 0.318. The zero-order chi connectivity index (χ0) is 20.8. The molecule has 0 aromatic heterocycles. The van der Waals surface area contributed by atoms with Gasteiger partial charge in [-0.1, -0.05) is 30.3 Å². The van der Waals surface area contributed by atoms with Gasteiger partial charge in [0.05, 0.1) is 12.6 Å². The summed E-state index contributed by atoms with van der Waals surface area (Å²) in [7, 11) is 1.72. The first-order chi connectivity index (χ1) is 13.2. The molecule has 0 unspecified atom stereocenters. The van der Waals surface area contributed by atoms with Crippen LogP contribution in [0, 0.1) is 13.8 Å². The Bertz CT molecular complexity index is 872. The summed E-state index contributed by atoms with van der Waals surface area (Å²) in [5.74, 6) is -0.495. The summed E-state index contributed by atoms with van der Waals surface area (Å²) in [4.78, 5) is 38.1. The summed E-state index contributed by atoms with van der Waals surface area (Å²) < 4.78 is 0. The molecule has 6 nitrogen and oxygen atoms in total. The monoisotopic (exact) mass is 381 g/mol. The third-order valence-electron chi connectivity index (χ3n) is 4.72. The van der Waals surface area contributed by atoms with E-state index in [1.54, 1.807) is 43.1 Å². The molecule has 6 heteroatoms. The van der Waals surface area contributed by atoms with Crippen molar-refractivity contribution >= 4 is 29.0 Å². The van der Waals surface area contributed by atoms with Crippen molar-refractivity contribution in [2.24, 2.45) is 0 Å². The molecule has 1 atom stereocenters. The molecule has 0 saturated carbocycles. The number of hydrogen-bond donors (Lipinski definition) is 2. The van der Waals surface area contributed by atoms with E-state index in [9.17, 15) is 14.4 Å². The van der Waals surface area contributed by atoms with Crippen LogP contribution in [0.1, 0.15) is 35.3 Å². The largest absolute Gasteiger partial charge is 0.325 e. The maximum atomic E-state index is 12.5. The van der Waals surface area contributed by atoms with E-state index in [4.69, 9.17) is 0 Å². The van der Waals surface area contributed by atoms with Crippen LogP contribution in [-0.2, 0) is 9.59 Å². The quantitative estimate of drug-likeness (QED) is 0.721. The summed E-state index contributed by atoms with van der Waals surface area (Å²) in [6.07, 6.45) is 0. The molecule has 2 aromatic rings. The highest BCUT2D eigenvalue weighted by Gasteiger charge is 2.21. The van der Waals surface area contributed by atoms with Gasteiger partial charge in [-0.3, -0.25) is 19.3 Å². The van der Waals surface area contributed by atoms with Crippen molar-refractivity contribution in [2.45, 2.75) is 33.7 Å². The summed E-state index contributed by atoms with van der Waals surface area (Å²) in [5.41, 5.74) is 3.88. The van der Waals surface area contributed by atoms with Crippen LogP contribution < -0.4 is 10.6 Å². The molecule has 2 rings (SSSR count). The fourth-order valence-electron chi connectivity index (χ4n) is 2.82. The highest BCUT2D eigenvalue weighted by Crippen LogP contribution is 2.19. The second kappa shape index (κ2) is 9.28. The highest BCUT2D eigenvalue weighted by molar-refractivity contribution is 5.99. The van der Waals surface area contributed by atoms with Crippen LogP contribution in [0.2, 0.25) is 0 Å². The van der Waals surface area contributed by atoms with Crippen LogP contribution in [0.4, 0.5) is 11.4 Å². The zero-order valence-corrected chi connectivity index (χ0v) is 17.0. The number of anilines is 2. The summed E-state index contributed by atoms with van der Waals surface area (Å²) in [5, 5.41) is 5.72. The molecular weight excluding hydrogens is 354 g/mol. The topological polar surface area (TPSA) is 78.5 Å². The predicted molar refractivity (Wildman–Crippen MR) is 112 cm³/mol. The number of para-hydroxylation sites is 1. The minimum absolute atomic E-state index is 0.0653. The highest BCUT2D eigenvalue weighted by atomic mass is 16.2. The Hall–Kier alpha value is -2.99. The second-order valence-electron chi connectivity index (χ2n) is 7.03. The minimum Gasteiger partial charge on any atom is -0.325 e. The van der Waals surface area contributed by atoms with Crippen LogP contribution in [0.3, 0.4) is 0 Å². The van der Waals surface area contributed by atoms with E-state index in [1.807, 2.05) is 32.0 Å². The average molecular weight is 381 g/mol. The second-order valence-corrected chi connectivity index (χ2v) is 7.03. The lowest BCUT2D eigenvalue weighted by Gasteiger charge is -2.23. The summed E-state index contributed by atoms with van der Waals surface area (Å²) in [6.45, 7) is 7.17. The van der Waals surface area contributed by atoms with Crippen molar-refractivity contribution < 1.29 is 14.4 Å². The molecule has 0 aliphatic carbocycles. The van der Waals surface area contributed by atoms with Crippen LogP contribution in [-0.4, -0.2) is 42.1 Å². The van der Waals surface area contributed by atoms with Gasteiger partial charge in [0, 0.05) is 16.9 Å². The van der Waals surface area contributed by atoms with Crippen LogP contribution in [0.25, 0.3) is 0 Å². The first-order valence-electron chi connectivity index (χ1n) is 9.17. The van der Waals surface area contributed by atoms with Gasteiger partial charge >= 0.3 is 0 Å². The number of carbonyl (C=O) groups excluding carboxylic acids is 3. The standard InChI is InChI=1S/C22H27N3O3/c1-14-8-6-9-15(2)21(14)24-20(27)13-25(5)16(3)22(28)23-19-11-7-10-18(12-19)17(4)26/h6-12,16H,13H2,1-5H3,(H,23,28)(H,24,27)/t16-/m0/s1. The number of nitrogens with zero attached hydrogens (tertiary/aromatic N) is 1. The number of likely N-dealkylation sites (N-methyl/N-ethyl adjacent to an activating group) is 1. The van der Waals surface area contributed by atoms with Crippen molar-refractivity contribution in [3.05, 3.63) is 59.2 Å². The lowest BCUT2D eigenvalue weighted by atomic mass is 10.1. The minimum atomic E-state index is -0.523. The SMILES string of the molecule is CC(=O)c1cccc(NC(=O)[C@H](C)N(C)CC(=O)Nc2c(C)cccc2C)c1. The maximum Gasteiger partial charge on any atom is 0.241 e. The Kier molecular flexibility index (Phi) is 7.06. The number of benzene rings is 2. The lowest BCUT2D eigenvalue weighted by molar-refractivity contribution is -0.122. The number of ketones is 1. The number of amides is 2. The molecule has 2 amide bonds. The van der Waals surface area contributed by atoms with Crippen LogP contribution in [0.5, 0.6) is 0 Å². The molecule has 0 heterocycles. The van der Waals surface area contributed by atoms with E-state index in [0.29, 0.717) is 11.3 Å². The molecule has 0 aliphatic heterocycles. The van der Waals surface area contributed by atoms with Crippen molar-refractivity contribution in [3.8, 4) is 0 Å². The van der Waals surface area contributed by atoms with E-state index in [1.165, 1.54) is 6.92 Å². The lowest BCUT2D eigenvalue weighted by Crippen LogP contribution is -2.43. The van der Waals surface area contributed by atoms with Gasteiger partial charge < -0.3 is 10.6 Å². The number of rotatable bonds is 7. The summed E-state index contributed by atoms with van der Waals surface area (Å²) >= 11 is 0. The van der Waals surface area contributed by atoms with Gasteiger partial charge in [0.1, 0.15) is 0 Å². The van der Waals surface area contributed by atoms with Gasteiger partial charge in [-0.25, -0.2) is 0 Å². The Morgan fingerprint density at radius 3 is 2.21 bits per heavy atom. The van der Waals surface area contributed by atoms with Crippen LogP contribution in [0.15, 0.2) is 42.5 Å². The Morgan fingerprint density at radius 2 is 1.61 bits per heavy atom. The predicted octanol–water partition coefficient (Wildman–Crippen LogP) is 3.40. The average Bonchev–Trinajstić information content (AvgIpc) is 2.64. The van der Waals surface area contributed by atoms with Crippen molar-refractivity contribution in [1.82, 2.24) is 4.90 Å². The smallest absolute Gasteiger partial charge is 0.241 e. The molecule has 0 saturated heterocycles. The van der Waals surface area contributed by atoms with Gasteiger partial charge in [-0.2, -0.15) is 0 Å². The number of Topliss-reactive ketones (excluding diaryl/α,β-unsaturated/α-hetero) is 1. The fourth-order valence-corrected chi connectivity index (χ4v) is 2.82. The van der Waals surface area contributed by atoms with Gasteiger partial charge in [-0.05, 0) is 58.0 Å². The Labute approximate surface area is 165 Å². The van der Waals surface area contributed by atoms with E-state index in [0.717, 1.165) is 16.8 Å². The first kappa shape index (κ1) is 21.3. The molecular formula is C22H27N3O3. The van der Waals surface area contributed by atoms with E-state index in [-0.39, 0.29) is 24.1 Å². The number of aryl methyl sites for hydroxylation is 2. The maximum absolute atomic E-state index is 12.5. The van der Waals surface area contributed by atoms with E-state index in [2.05, 4.69) is 10.6 Å². The first-order valence-corrected chi connectivity index (χ1v) is 9.17. The molecule has 0 fully saturated rings. The molecule has 0 spiro atoms. The molecule has 0 radical (unpaired) electrons. The van der Waals surface area contributed by atoms with E-state index < -0.39 is 6.04 Å². The third-order valence-corrected chi connectivity index (χ3v) is 4.72. The number of nitrogens with one attached hydrogen (secondary N) is 2. The van der Waals surface area contributed by atoms with Crippen molar-refractivity contribution in [3.63, 3.8) is 0 Å². The normalized spacial score (nSPS) is 11.8. The van der Waals surface area contributed by atoms with E-state index >= 15 is 0 Å². The van der Waals surface area contributed by atoms with Gasteiger partial charge in [0.25, 0.3) is 0 Å². The van der Waals surface area contributed by atoms with Crippen LogP contribution >= 0.6 is 0 Å². The molecule has 0 aliphatic rings. The molecule has 2 aromatic carbocycles. The molecule has 2 N–H and O–H groups in total. The summed E-state index contributed by atoms with van der Waals surface area (Å²) in [6, 6.07) is 12.1. The van der Waals surface area contributed by atoms with Crippen molar-refractivity contribution in [2.75, 3.05) is 24.2 Å². The molecule has 148 valence electrons. The third kappa shape index (κ3) is 5.50. The van der Waals surface area contributed by atoms with Gasteiger partial charge in [0.15, 0.2) is 5.78 Å². The van der Waals surface area contributed by atoms with Gasteiger partial charge in [-0.15, -0.1) is 0 Å². The van der Waals surface area contributed by atoms with Crippen molar-refractivity contribution in [1.29, 1.82) is 0 Å².